The predicted octanol–water partition coefficient (Wildman–Crippen LogP) is 2.17. The number of urea groups is 1. The molecule has 4 rings (SSSR count). The van der Waals surface area contributed by atoms with Gasteiger partial charge >= 0.3 is 6.03 Å². The van der Waals surface area contributed by atoms with Gasteiger partial charge in [0.1, 0.15) is 0 Å². The summed E-state index contributed by atoms with van der Waals surface area (Å²) in [5, 5.41) is 9.70. The van der Waals surface area contributed by atoms with Crippen molar-refractivity contribution >= 4 is 30.5 Å². The molecule has 2 aliphatic rings. The standard InChI is InChI=1S/C18H20N8O/c1-3-20-16(10-19-2)23-18(27)26-12-7-9-25(11-12)15-5-4-13(22-17(15)26)14-6-8-21-24-14/h3-6,8,10,12H,2,7,9,11H2,1H3,(H,21,24)(H,23,27)/b16-10+,20-3?/t12-/m0/s1. The van der Waals surface area contributed by atoms with Crippen LogP contribution < -0.4 is 15.1 Å². The van der Waals surface area contributed by atoms with Gasteiger partial charge in [0, 0.05) is 25.5 Å². The molecule has 1 saturated heterocycles. The molecular formula is C18H20N8O. The van der Waals surface area contributed by atoms with Gasteiger partial charge in [-0.05, 0) is 38.3 Å². The average Bonchev–Trinajstić information content (AvgIpc) is 3.33. The second-order valence-electron chi connectivity index (χ2n) is 6.28. The number of hydrogen-bond donors (Lipinski definition) is 2. The smallest absolute Gasteiger partial charge is 0.329 e. The third-order valence-electron chi connectivity index (χ3n) is 4.66. The maximum absolute atomic E-state index is 13.1. The third-order valence-corrected chi connectivity index (χ3v) is 4.66. The summed E-state index contributed by atoms with van der Waals surface area (Å²) >= 11 is 0. The first-order chi connectivity index (χ1) is 13.2. The summed E-state index contributed by atoms with van der Waals surface area (Å²) in [6.07, 6.45) is 5.57. The van der Waals surface area contributed by atoms with Gasteiger partial charge in [-0.15, -0.1) is 0 Å². The van der Waals surface area contributed by atoms with Crippen molar-refractivity contribution in [2.45, 2.75) is 19.4 Å². The maximum Gasteiger partial charge on any atom is 0.329 e. The van der Waals surface area contributed by atoms with Gasteiger partial charge in [-0.25, -0.2) is 14.8 Å². The highest BCUT2D eigenvalue weighted by Gasteiger charge is 2.40. The first-order valence-electron chi connectivity index (χ1n) is 8.72. The van der Waals surface area contributed by atoms with Crippen molar-refractivity contribution in [3.05, 3.63) is 36.4 Å². The summed E-state index contributed by atoms with van der Waals surface area (Å²) in [4.78, 5) is 29.6. The summed E-state index contributed by atoms with van der Waals surface area (Å²) in [7, 11) is 0. The lowest BCUT2D eigenvalue weighted by Gasteiger charge is -2.35. The molecule has 0 aromatic carbocycles. The molecule has 1 atom stereocenters. The van der Waals surface area contributed by atoms with E-state index >= 15 is 0 Å². The van der Waals surface area contributed by atoms with Crippen LogP contribution in [-0.2, 0) is 0 Å². The number of hydrogen-bond acceptors (Lipinski definition) is 6. The summed E-state index contributed by atoms with van der Waals surface area (Å²) in [5.74, 6) is 0.976. The highest BCUT2D eigenvalue weighted by atomic mass is 16.2. The Balaban J connectivity index is 1.71. The lowest BCUT2D eigenvalue weighted by atomic mass is 10.1. The van der Waals surface area contributed by atoms with Crippen LogP contribution in [0.25, 0.3) is 11.4 Å². The molecule has 1 fully saturated rings. The summed E-state index contributed by atoms with van der Waals surface area (Å²) in [5.41, 5.74) is 2.49. The van der Waals surface area contributed by atoms with Crippen LogP contribution in [0.3, 0.4) is 0 Å². The number of amides is 2. The number of anilines is 2. The van der Waals surface area contributed by atoms with E-state index in [2.05, 4.69) is 37.1 Å². The molecule has 2 N–H and O–H groups in total. The molecule has 2 aliphatic heterocycles. The number of aromatic nitrogens is 3. The van der Waals surface area contributed by atoms with E-state index in [4.69, 9.17) is 4.98 Å². The number of rotatable bonds is 4. The molecule has 0 aliphatic carbocycles. The van der Waals surface area contributed by atoms with Crippen molar-refractivity contribution in [2.24, 2.45) is 9.98 Å². The Morgan fingerprint density at radius 1 is 1.44 bits per heavy atom. The molecule has 2 amide bonds. The normalized spacial score (nSPS) is 18.7. The number of nitrogens with zero attached hydrogens (tertiary/aromatic N) is 6. The van der Waals surface area contributed by atoms with Crippen LogP contribution in [0.15, 0.2) is 46.4 Å². The second kappa shape index (κ2) is 7.02. The van der Waals surface area contributed by atoms with Gasteiger partial charge in [0.05, 0.1) is 29.3 Å². The van der Waals surface area contributed by atoms with E-state index in [9.17, 15) is 4.79 Å². The van der Waals surface area contributed by atoms with E-state index in [0.29, 0.717) is 11.6 Å². The molecule has 0 spiro atoms. The summed E-state index contributed by atoms with van der Waals surface area (Å²) in [6, 6.07) is 5.58. The molecule has 0 saturated carbocycles. The van der Waals surface area contributed by atoms with Gasteiger partial charge < -0.3 is 4.90 Å². The van der Waals surface area contributed by atoms with Crippen LogP contribution in [-0.4, -0.2) is 53.3 Å². The Morgan fingerprint density at radius 3 is 3.07 bits per heavy atom. The molecule has 0 radical (unpaired) electrons. The Hall–Kier alpha value is -3.49. The van der Waals surface area contributed by atoms with E-state index in [-0.39, 0.29) is 12.1 Å². The van der Waals surface area contributed by atoms with Crippen LogP contribution >= 0.6 is 0 Å². The van der Waals surface area contributed by atoms with E-state index in [1.165, 1.54) is 6.20 Å². The van der Waals surface area contributed by atoms with Crippen molar-refractivity contribution in [2.75, 3.05) is 22.9 Å². The van der Waals surface area contributed by atoms with Crippen LogP contribution in [0, 0.1) is 0 Å². The zero-order valence-electron chi connectivity index (χ0n) is 15.0. The van der Waals surface area contributed by atoms with Gasteiger partial charge in [-0.1, -0.05) is 0 Å². The fourth-order valence-corrected chi connectivity index (χ4v) is 3.51. The molecule has 27 heavy (non-hydrogen) atoms. The monoisotopic (exact) mass is 364 g/mol. The SMILES string of the molecule is C=N/C=C(\N=CC)NC(=O)N1c2nc(-c3ccn[nH]3)ccc2N2CC[C@H]1C2. The first-order valence-corrected chi connectivity index (χ1v) is 8.72. The molecule has 138 valence electrons. The number of nitrogens with one attached hydrogen (secondary N) is 2. The lowest BCUT2D eigenvalue weighted by molar-refractivity contribution is 0.246. The minimum Gasteiger partial charge on any atom is -0.366 e. The fourth-order valence-electron chi connectivity index (χ4n) is 3.51. The van der Waals surface area contributed by atoms with Gasteiger partial charge in [0.2, 0.25) is 0 Å². The van der Waals surface area contributed by atoms with Crippen molar-refractivity contribution < 1.29 is 4.79 Å². The minimum atomic E-state index is -0.280. The minimum absolute atomic E-state index is 0.0607. The number of carbonyl (C=O) groups excluding carboxylic acids is 1. The number of aliphatic imine (C=N–C) groups is 2. The molecule has 0 unspecified atom stereocenters. The molecule has 2 bridgehead atoms. The van der Waals surface area contributed by atoms with Crippen molar-refractivity contribution in [1.82, 2.24) is 20.5 Å². The predicted molar refractivity (Wildman–Crippen MR) is 105 cm³/mol. The number of H-pyrrole nitrogens is 1. The van der Waals surface area contributed by atoms with Gasteiger partial charge in [0.25, 0.3) is 0 Å². The topological polar surface area (TPSA) is 102 Å². The molecule has 9 nitrogen and oxygen atoms in total. The van der Waals surface area contributed by atoms with Crippen LogP contribution in [0.4, 0.5) is 16.3 Å². The van der Waals surface area contributed by atoms with Crippen molar-refractivity contribution in [1.29, 1.82) is 0 Å². The van der Waals surface area contributed by atoms with E-state index in [1.54, 1.807) is 24.2 Å². The maximum atomic E-state index is 13.1. The van der Waals surface area contributed by atoms with Crippen LogP contribution in [0.2, 0.25) is 0 Å². The second-order valence-corrected chi connectivity index (χ2v) is 6.28. The Labute approximate surface area is 156 Å². The van der Waals surface area contributed by atoms with E-state index < -0.39 is 0 Å². The zero-order valence-corrected chi connectivity index (χ0v) is 15.0. The van der Waals surface area contributed by atoms with Crippen molar-refractivity contribution in [3.8, 4) is 11.4 Å². The van der Waals surface area contributed by atoms with Crippen molar-refractivity contribution in [3.63, 3.8) is 0 Å². The Kier molecular flexibility index (Phi) is 4.41. The molecule has 4 heterocycles. The van der Waals surface area contributed by atoms with Crippen LogP contribution in [0.5, 0.6) is 0 Å². The number of carbonyl (C=O) groups is 1. The third kappa shape index (κ3) is 3.07. The molecule has 2 aromatic rings. The highest BCUT2D eigenvalue weighted by Crippen LogP contribution is 2.39. The molecule has 9 heteroatoms. The quantitative estimate of drug-likeness (QED) is 0.812. The van der Waals surface area contributed by atoms with Gasteiger partial charge in [-0.3, -0.25) is 20.3 Å². The van der Waals surface area contributed by atoms with E-state index in [0.717, 1.165) is 36.6 Å². The highest BCUT2D eigenvalue weighted by molar-refractivity contribution is 5.98. The summed E-state index contributed by atoms with van der Waals surface area (Å²) < 4.78 is 0. The van der Waals surface area contributed by atoms with Gasteiger partial charge in [0.15, 0.2) is 11.6 Å². The Morgan fingerprint density at radius 2 is 2.33 bits per heavy atom. The average molecular weight is 364 g/mol. The number of aromatic amines is 1. The number of fused-ring (bicyclic) bond motifs is 4. The molecule has 2 aromatic heterocycles. The first kappa shape index (κ1) is 17.0. The Bertz CT molecular complexity index is 917. The zero-order chi connectivity index (χ0) is 18.8. The fraction of sp³-hybridized carbons (Fsp3) is 0.278. The van der Waals surface area contributed by atoms with Crippen LogP contribution in [0.1, 0.15) is 13.3 Å². The summed E-state index contributed by atoms with van der Waals surface area (Å²) in [6.45, 7) is 6.89. The number of pyridine rings is 1. The molecular weight excluding hydrogens is 344 g/mol. The lowest BCUT2D eigenvalue weighted by Crippen LogP contribution is -2.50. The van der Waals surface area contributed by atoms with E-state index in [1.807, 2.05) is 18.2 Å². The largest absolute Gasteiger partial charge is 0.366 e. The van der Waals surface area contributed by atoms with Gasteiger partial charge in [-0.2, -0.15) is 5.10 Å².